The fourth-order valence-electron chi connectivity index (χ4n) is 1.97. The number of rotatable bonds is 3. The minimum atomic E-state index is 1.00. The van der Waals surface area contributed by atoms with Crippen molar-refractivity contribution in [3.05, 3.63) is 66.3 Å². The van der Waals surface area contributed by atoms with Crippen molar-refractivity contribution in [1.82, 2.24) is 0 Å². The highest BCUT2D eigenvalue weighted by Crippen LogP contribution is 2.22. The summed E-state index contributed by atoms with van der Waals surface area (Å²) in [7, 11) is 1.00. The fourth-order valence-corrected chi connectivity index (χ4v) is 1.97. The largest absolute Gasteiger partial charge is 0.400 e. The van der Waals surface area contributed by atoms with Crippen molar-refractivity contribution in [2.45, 2.75) is 20.3 Å². The van der Waals surface area contributed by atoms with Gasteiger partial charge in [0.15, 0.2) is 0 Å². The van der Waals surface area contributed by atoms with E-state index in [1.165, 1.54) is 21.9 Å². The predicted octanol–water partition coefficient (Wildman–Crippen LogP) is 4.82. The maximum absolute atomic E-state index is 7.00. The van der Waals surface area contributed by atoms with Gasteiger partial charge in [-0.2, -0.15) is 0 Å². The highest BCUT2D eigenvalue weighted by Gasteiger charge is 1.98. The summed E-state index contributed by atoms with van der Waals surface area (Å²) in [5.41, 5.74) is 2.58. The zero-order valence-electron chi connectivity index (χ0n) is 11.9. The average molecular weight is 254 g/mol. The van der Waals surface area contributed by atoms with E-state index in [2.05, 4.69) is 74.5 Å². The molecule has 2 aromatic rings. The molecular formula is C18H22O. The summed E-state index contributed by atoms with van der Waals surface area (Å²) in [5, 5.41) is 9.60. The highest BCUT2D eigenvalue weighted by atomic mass is 16.2. The van der Waals surface area contributed by atoms with Gasteiger partial charge < -0.3 is 5.11 Å². The molecule has 0 radical (unpaired) electrons. The molecule has 19 heavy (non-hydrogen) atoms. The van der Waals surface area contributed by atoms with E-state index in [-0.39, 0.29) is 0 Å². The van der Waals surface area contributed by atoms with E-state index in [0.29, 0.717) is 0 Å². The van der Waals surface area contributed by atoms with Crippen LogP contribution in [0.4, 0.5) is 0 Å². The van der Waals surface area contributed by atoms with Crippen LogP contribution in [0, 0.1) is 0 Å². The number of allylic oxidation sites excluding steroid dienone is 4. The van der Waals surface area contributed by atoms with E-state index in [0.717, 1.165) is 13.5 Å². The molecule has 2 rings (SSSR count). The Balaban J connectivity index is 0.000000861. The number of benzene rings is 2. The zero-order chi connectivity index (χ0) is 14.1. The van der Waals surface area contributed by atoms with Gasteiger partial charge in [0.25, 0.3) is 0 Å². The van der Waals surface area contributed by atoms with Crippen LogP contribution < -0.4 is 0 Å². The summed E-state index contributed by atoms with van der Waals surface area (Å²) in [4.78, 5) is 0. The van der Waals surface area contributed by atoms with Crippen molar-refractivity contribution in [3.8, 4) is 0 Å². The van der Waals surface area contributed by atoms with E-state index in [9.17, 15) is 0 Å². The second kappa shape index (κ2) is 8.28. The third kappa shape index (κ3) is 4.08. The quantitative estimate of drug-likeness (QED) is 0.779. The van der Waals surface area contributed by atoms with Crippen LogP contribution in [0.5, 0.6) is 0 Å². The number of hydrogen-bond donors (Lipinski definition) is 1. The minimum Gasteiger partial charge on any atom is -0.400 e. The van der Waals surface area contributed by atoms with Crippen molar-refractivity contribution in [1.29, 1.82) is 0 Å². The Morgan fingerprint density at radius 2 is 1.74 bits per heavy atom. The van der Waals surface area contributed by atoms with Gasteiger partial charge in [-0.15, -0.1) is 0 Å². The molecule has 0 amide bonds. The molecule has 0 unspecified atom stereocenters. The van der Waals surface area contributed by atoms with Crippen LogP contribution in [0.25, 0.3) is 16.3 Å². The van der Waals surface area contributed by atoms with Crippen LogP contribution in [0.1, 0.15) is 25.8 Å². The molecule has 100 valence electrons. The molecule has 1 N–H and O–H groups in total. The molecule has 1 heteroatoms. The second-order valence-electron chi connectivity index (χ2n) is 4.12. The maximum Gasteiger partial charge on any atom is 0.0319 e. The average Bonchev–Trinajstić information content (AvgIpc) is 2.50. The normalized spacial score (nSPS) is 11.5. The van der Waals surface area contributed by atoms with E-state index >= 15 is 0 Å². The van der Waals surface area contributed by atoms with Crippen molar-refractivity contribution < 1.29 is 5.11 Å². The van der Waals surface area contributed by atoms with Crippen LogP contribution in [0.2, 0.25) is 0 Å². The van der Waals surface area contributed by atoms with E-state index in [4.69, 9.17) is 5.11 Å². The van der Waals surface area contributed by atoms with Gasteiger partial charge in [-0.1, -0.05) is 61.5 Å². The SMILES string of the molecule is C/C=C(\C=C/CC)c1ccc2ccccc2c1.CO. The molecule has 0 spiro atoms. The van der Waals surface area contributed by atoms with Gasteiger partial charge in [-0.05, 0) is 41.3 Å². The molecule has 0 aliphatic rings. The van der Waals surface area contributed by atoms with Gasteiger partial charge in [0.2, 0.25) is 0 Å². The Morgan fingerprint density at radius 1 is 1.05 bits per heavy atom. The molecule has 0 aliphatic heterocycles. The lowest BCUT2D eigenvalue weighted by Gasteiger charge is -2.04. The summed E-state index contributed by atoms with van der Waals surface area (Å²) in [6.07, 6.45) is 7.63. The standard InChI is InChI=1S/C17H18.CH4O/c1-3-5-8-14(4-2)17-12-11-15-9-6-7-10-16(15)13-17;1-2/h4-13H,3H2,1-2H3;2H,1H3/b8-5-,14-4+;. The van der Waals surface area contributed by atoms with Gasteiger partial charge in [0, 0.05) is 7.11 Å². The van der Waals surface area contributed by atoms with Gasteiger partial charge in [0.1, 0.15) is 0 Å². The van der Waals surface area contributed by atoms with Crippen molar-refractivity contribution >= 4 is 16.3 Å². The van der Waals surface area contributed by atoms with Crippen LogP contribution in [-0.4, -0.2) is 12.2 Å². The fraction of sp³-hybridized carbons (Fsp3) is 0.222. The van der Waals surface area contributed by atoms with Crippen molar-refractivity contribution in [3.63, 3.8) is 0 Å². The smallest absolute Gasteiger partial charge is 0.0319 e. The third-order valence-electron chi connectivity index (χ3n) is 2.93. The summed E-state index contributed by atoms with van der Waals surface area (Å²) in [6.45, 7) is 4.24. The summed E-state index contributed by atoms with van der Waals surface area (Å²) < 4.78 is 0. The molecular weight excluding hydrogens is 232 g/mol. The molecule has 2 aromatic carbocycles. The van der Waals surface area contributed by atoms with Crippen molar-refractivity contribution in [2.75, 3.05) is 7.11 Å². The summed E-state index contributed by atoms with van der Waals surface area (Å²) >= 11 is 0. The van der Waals surface area contributed by atoms with Crippen LogP contribution >= 0.6 is 0 Å². The lowest BCUT2D eigenvalue weighted by atomic mass is 10.0. The Labute approximate surface area is 115 Å². The van der Waals surface area contributed by atoms with Gasteiger partial charge >= 0.3 is 0 Å². The van der Waals surface area contributed by atoms with Crippen LogP contribution in [-0.2, 0) is 0 Å². The Hall–Kier alpha value is -1.86. The molecule has 0 bridgehead atoms. The van der Waals surface area contributed by atoms with E-state index in [1.807, 2.05) is 0 Å². The number of aliphatic hydroxyl groups is 1. The lowest BCUT2D eigenvalue weighted by Crippen LogP contribution is -1.81. The molecule has 0 saturated heterocycles. The van der Waals surface area contributed by atoms with E-state index < -0.39 is 0 Å². The molecule has 0 aromatic heterocycles. The highest BCUT2D eigenvalue weighted by molar-refractivity contribution is 5.87. The predicted molar refractivity (Wildman–Crippen MR) is 85.2 cm³/mol. The molecule has 0 heterocycles. The molecule has 1 nitrogen and oxygen atoms in total. The Bertz CT molecular complexity index is 565. The molecule has 0 fully saturated rings. The topological polar surface area (TPSA) is 20.2 Å². The molecule has 0 aliphatic carbocycles. The number of aliphatic hydroxyl groups excluding tert-OH is 1. The molecule has 0 atom stereocenters. The van der Waals surface area contributed by atoms with Crippen molar-refractivity contribution in [2.24, 2.45) is 0 Å². The van der Waals surface area contributed by atoms with Gasteiger partial charge in [-0.25, -0.2) is 0 Å². The Kier molecular flexibility index (Phi) is 6.62. The summed E-state index contributed by atoms with van der Waals surface area (Å²) in [5.74, 6) is 0. The van der Waals surface area contributed by atoms with Crippen LogP contribution in [0.3, 0.4) is 0 Å². The lowest BCUT2D eigenvalue weighted by molar-refractivity contribution is 0.399. The van der Waals surface area contributed by atoms with Crippen LogP contribution in [0.15, 0.2) is 60.7 Å². The third-order valence-corrected chi connectivity index (χ3v) is 2.93. The number of hydrogen-bond acceptors (Lipinski definition) is 1. The minimum absolute atomic E-state index is 1.00. The first-order valence-electron chi connectivity index (χ1n) is 6.62. The van der Waals surface area contributed by atoms with Gasteiger partial charge in [0.05, 0.1) is 0 Å². The summed E-state index contributed by atoms with van der Waals surface area (Å²) in [6, 6.07) is 15.1. The first-order chi connectivity index (χ1) is 9.35. The zero-order valence-corrected chi connectivity index (χ0v) is 11.9. The second-order valence-corrected chi connectivity index (χ2v) is 4.12. The van der Waals surface area contributed by atoms with E-state index in [1.54, 1.807) is 0 Å². The first-order valence-corrected chi connectivity index (χ1v) is 6.62. The Morgan fingerprint density at radius 3 is 2.37 bits per heavy atom. The molecule has 0 saturated carbocycles. The number of fused-ring (bicyclic) bond motifs is 1. The monoisotopic (exact) mass is 254 g/mol. The van der Waals surface area contributed by atoms with Gasteiger partial charge in [-0.3, -0.25) is 0 Å². The maximum atomic E-state index is 7.00. The first kappa shape index (κ1) is 15.2.